The standard InChI is InChI=1S/C22H27ClF3N5O3/c1-14(11-21(19(33)27-20(34)28-21)12-29-5-4-22(25,26)13-29)18(32)31-8-6-30(7-9-31)15-2-3-17(24)16(23)10-15/h2-3,10,14H,4-9,11-13H2,1H3,(H2,27,28,33,34). The average molecular weight is 502 g/mol. The summed E-state index contributed by atoms with van der Waals surface area (Å²) in [6, 6.07) is 3.79. The van der Waals surface area contributed by atoms with E-state index in [0.29, 0.717) is 26.2 Å². The summed E-state index contributed by atoms with van der Waals surface area (Å²) in [6.45, 7) is 3.08. The predicted octanol–water partition coefficient (Wildman–Crippen LogP) is 2.07. The number of urea groups is 1. The van der Waals surface area contributed by atoms with E-state index in [2.05, 4.69) is 10.6 Å². The van der Waals surface area contributed by atoms with Gasteiger partial charge in [0.25, 0.3) is 11.8 Å². The van der Waals surface area contributed by atoms with Crippen LogP contribution in [0, 0.1) is 11.7 Å². The molecular formula is C22H27ClF3N5O3. The van der Waals surface area contributed by atoms with Gasteiger partial charge in [0, 0.05) is 57.3 Å². The van der Waals surface area contributed by atoms with Crippen LogP contribution in [0.5, 0.6) is 0 Å². The molecule has 0 spiro atoms. The summed E-state index contributed by atoms with van der Waals surface area (Å²) in [4.78, 5) is 42.8. The fraction of sp³-hybridized carbons (Fsp3) is 0.591. The molecule has 2 N–H and O–H groups in total. The molecule has 3 aliphatic rings. The van der Waals surface area contributed by atoms with Gasteiger partial charge in [-0.1, -0.05) is 18.5 Å². The zero-order valence-corrected chi connectivity index (χ0v) is 19.5. The van der Waals surface area contributed by atoms with Gasteiger partial charge in [0.2, 0.25) is 5.91 Å². The lowest BCUT2D eigenvalue weighted by atomic mass is 9.86. The smallest absolute Gasteiger partial charge is 0.322 e. The van der Waals surface area contributed by atoms with E-state index in [9.17, 15) is 27.6 Å². The van der Waals surface area contributed by atoms with Crippen molar-refractivity contribution in [2.24, 2.45) is 5.92 Å². The molecule has 3 heterocycles. The molecule has 0 radical (unpaired) electrons. The number of alkyl halides is 2. The van der Waals surface area contributed by atoms with E-state index < -0.39 is 41.7 Å². The van der Waals surface area contributed by atoms with Crippen LogP contribution in [0.1, 0.15) is 19.8 Å². The van der Waals surface area contributed by atoms with E-state index in [4.69, 9.17) is 11.6 Å². The normalized spacial score (nSPS) is 25.9. The number of piperazine rings is 1. The van der Waals surface area contributed by atoms with Gasteiger partial charge in [0.15, 0.2) is 0 Å². The van der Waals surface area contributed by atoms with Gasteiger partial charge in [-0.15, -0.1) is 0 Å². The Hall–Kier alpha value is -2.53. The van der Waals surface area contributed by atoms with Crippen LogP contribution < -0.4 is 15.5 Å². The predicted molar refractivity (Wildman–Crippen MR) is 119 cm³/mol. The molecule has 4 rings (SSSR count). The van der Waals surface area contributed by atoms with Crippen LogP contribution in [0.4, 0.5) is 23.7 Å². The Kier molecular flexibility index (Phi) is 6.69. The maximum Gasteiger partial charge on any atom is 0.322 e. The molecule has 186 valence electrons. The summed E-state index contributed by atoms with van der Waals surface area (Å²) in [7, 11) is 0. The van der Waals surface area contributed by atoms with Crippen LogP contribution in [0.2, 0.25) is 5.02 Å². The Morgan fingerprint density at radius 1 is 1.18 bits per heavy atom. The highest BCUT2D eigenvalue weighted by Gasteiger charge is 2.51. The lowest BCUT2D eigenvalue weighted by Gasteiger charge is -2.38. The Balaban J connectivity index is 1.38. The molecule has 12 heteroatoms. The molecule has 0 saturated carbocycles. The van der Waals surface area contributed by atoms with Gasteiger partial charge in [0.05, 0.1) is 11.6 Å². The van der Waals surface area contributed by atoms with Crippen LogP contribution in [0.3, 0.4) is 0 Å². The topological polar surface area (TPSA) is 85.0 Å². The lowest BCUT2D eigenvalue weighted by molar-refractivity contribution is -0.137. The molecular weight excluding hydrogens is 475 g/mol. The van der Waals surface area contributed by atoms with Crippen molar-refractivity contribution >= 4 is 35.1 Å². The highest BCUT2D eigenvalue weighted by atomic mass is 35.5. The van der Waals surface area contributed by atoms with Gasteiger partial charge in [-0.25, -0.2) is 18.0 Å². The van der Waals surface area contributed by atoms with Crippen molar-refractivity contribution in [1.29, 1.82) is 0 Å². The SMILES string of the molecule is CC(CC1(CN2CCC(F)(F)C2)NC(=O)NC1=O)C(=O)N1CCN(c2ccc(F)c(Cl)c2)CC1. The van der Waals surface area contributed by atoms with E-state index in [-0.39, 0.29) is 36.9 Å². The molecule has 1 aromatic carbocycles. The van der Waals surface area contributed by atoms with Crippen molar-refractivity contribution in [3.05, 3.63) is 29.0 Å². The van der Waals surface area contributed by atoms with E-state index in [1.807, 2.05) is 4.90 Å². The Morgan fingerprint density at radius 3 is 2.44 bits per heavy atom. The van der Waals surface area contributed by atoms with E-state index in [1.54, 1.807) is 24.0 Å². The number of amides is 4. The quantitative estimate of drug-likeness (QED) is 0.583. The first-order valence-electron chi connectivity index (χ1n) is 11.2. The second-order valence-electron chi connectivity index (χ2n) is 9.32. The van der Waals surface area contributed by atoms with E-state index in [0.717, 1.165) is 5.69 Å². The van der Waals surface area contributed by atoms with E-state index in [1.165, 1.54) is 11.0 Å². The number of imide groups is 1. The average Bonchev–Trinajstić information content (AvgIpc) is 3.26. The number of benzene rings is 1. The maximum atomic E-state index is 13.7. The number of carbonyl (C=O) groups is 3. The number of rotatable bonds is 6. The molecule has 4 amide bonds. The van der Waals surface area contributed by atoms with Gasteiger partial charge in [-0.3, -0.25) is 19.8 Å². The number of hydrogen-bond acceptors (Lipinski definition) is 5. The monoisotopic (exact) mass is 501 g/mol. The molecule has 8 nitrogen and oxygen atoms in total. The van der Waals surface area contributed by atoms with Crippen LogP contribution >= 0.6 is 11.6 Å². The number of nitrogens with zero attached hydrogens (tertiary/aromatic N) is 3. The minimum Gasteiger partial charge on any atom is -0.368 e. The van der Waals surface area contributed by atoms with Gasteiger partial charge >= 0.3 is 6.03 Å². The minimum absolute atomic E-state index is 0.000732. The second-order valence-corrected chi connectivity index (χ2v) is 9.73. The summed E-state index contributed by atoms with van der Waals surface area (Å²) in [5.74, 6) is -4.75. The third-order valence-corrected chi connectivity index (χ3v) is 6.98. The van der Waals surface area contributed by atoms with Gasteiger partial charge in [0.1, 0.15) is 11.4 Å². The Bertz CT molecular complexity index is 989. The third-order valence-electron chi connectivity index (χ3n) is 6.69. The molecule has 0 aliphatic carbocycles. The van der Waals surface area contributed by atoms with Crippen molar-refractivity contribution in [2.45, 2.75) is 31.2 Å². The van der Waals surface area contributed by atoms with Gasteiger partial charge in [-0.05, 0) is 24.6 Å². The fourth-order valence-corrected chi connectivity index (χ4v) is 5.13. The maximum absolute atomic E-state index is 13.7. The molecule has 1 aromatic rings. The molecule has 3 fully saturated rings. The minimum atomic E-state index is -2.84. The van der Waals surface area contributed by atoms with Gasteiger partial charge < -0.3 is 15.1 Å². The second kappa shape index (κ2) is 9.26. The number of carbonyl (C=O) groups excluding carboxylic acids is 3. The van der Waals surface area contributed by atoms with Crippen molar-refractivity contribution in [2.75, 3.05) is 50.7 Å². The summed E-state index contributed by atoms with van der Waals surface area (Å²) < 4.78 is 40.8. The zero-order chi connectivity index (χ0) is 24.7. The third kappa shape index (κ3) is 5.10. The Labute approximate surface area is 200 Å². The number of likely N-dealkylation sites (tertiary alicyclic amines) is 1. The highest BCUT2D eigenvalue weighted by Crippen LogP contribution is 2.31. The number of hydrogen-bond donors (Lipinski definition) is 2. The van der Waals surface area contributed by atoms with Gasteiger partial charge in [-0.2, -0.15) is 0 Å². The zero-order valence-electron chi connectivity index (χ0n) is 18.8. The number of anilines is 1. The molecule has 3 aliphatic heterocycles. The summed E-state index contributed by atoms with van der Waals surface area (Å²) >= 11 is 5.87. The number of nitrogens with one attached hydrogen (secondary N) is 2. The molecule has 0 bridgehead atoms. The summed E-state index contributed by atoms with van der Waals surface area (Å²) in [5.41, 5.74) is -0.683. The van der Waals surface area contributed by atoms with Crippen molar-refractivity contribution in [1.82, 2.24) is 20.4 Å². The molecule has 2 unspecified atom stereocenters. The van der Waals surface area contributed by atoms with Crippen LogP contribution in [-0.2, 0) is 9.59 Å². The van der Waals surface area contributed by atoms with Crippen LogP contribution in [0.15, 0.2) is 18.2 Å². The first kappa shape index (κ1) is 24.6. The van der Waals surface area contributed by atoms with Crippen LogP contribution in [0.25, 0.3) is 0 Å². The van der Waals surface area contributed by atoms with Crippen molar-refractivity contribution in [3.63, 3.8) is 0 Å². The van der Waals surface area contributed by atoms with Crippen LogP contribution in [-0.4, -0.2) is 84.9 Å². The molecule has 34 heavy (non-hydrogen) atoms. The largest absolute Gasteiger partial charge is 0.368 e. The first-order chi connectivity index (χ1) is 16.0. The van der Waals surface area contributed by atoms with Crippen molar-refractivity contribution in [3.8, 4) is 0 Å². The highest BCUT2D eigenvalue weighted by molar-refractivity contribution is 6.31. The lowest BCUT2D eigenvalue weighted by Crippen LogP contribution is -2.57. The molecule has 2 atom stereocenters. The summed E-state index contributed by atoms with van der Waals surface area (Å²) in [6.07, 6.45) is -0.310. The van der Waals surface area contributed by atoms with E-state index >= 15 is 0 Å². The molecule has 3 saturated heterocycles. The Morgan fingerprint density at radius 2 is 1.88 bits per heavy atom. The molecule has 0 aromatic heterocycles. The fourth-order valence-electron chi connectivity index (χ4n) is 4.96. The van der Waals surface area contributed by atoms with Crippen molar-refractivity contribution < 1.29 is 27.6 Å². The first-order valence-corrected chi connectivity index (χ1v) is 11.6. The summed E-state index contributed by atoms with van der Waals surface area (Å²) in [5, 5.41) is 4.81. The number of halogens is 4.